The summed E-state index contributed by atoms with van der Waals surface area (Å²) in [7, 11) is 0. The number of hydrogen-bond donors (Lipinski definition) is 2. The molecule has 0 unspecified atom stereocenters. The van der Waals surface area contributed by atoms with Gasteiger partial charge in [-0.15, -0.1) is 0 Å². The lowest BCUT2D eigenvalue weighted by Gasteiger charge is -2.25. The summed E-state index contributed by atoms with van der Waals surface area (Å²) in [4.78, 5) is 3.93. The molecule has 1 aliphatic heterocycles. The molecule has 0 saturated carbocycles. The highest BCUT2D eigenvalue weighted by Crippen LogP contribution is 2.36. The first-order valence-corrected chi connectivity index (χ1v) is 6.98. The molecule has 3 rings (SSSR count). The zero-order valence-electron chi connectivity index (χ0n) is 11.4. The maximum Gasteiger partial charge on any atom is 0.418 e. The van der Waals surface area contributed by atoms with Crippen molar-refractivity contribution in [3.63, 3.8) is 0 Å². The number of nitrogens with one attached hydrogen (secondary N) is 2. The fourth-order valence-electron chi connectivity index (χ4n) is 2.71. The average molecular weight is 295 g/mol. The molecule has 0 atom stereocenters. The number of pyridine rings is 1. The summed E-state index contributed by atoms with van der Waals surface area (Å²) in [6.45, 7) is 1.85. The summed E-state index contributed by atoms with van der Waals surface area (Å²) >= 11 is 0. The second-order valence-electron chi connectivity index (χ2n) is 5.23. The van der Waals surface area contributed by atoms with E-state index in [1.165, 1.54) is 12.3 Å². The van der Waals surface area contributed by atoms with Crippen LogP contribution in [0.1, 0.15) is 18.4 Å². The summed E-state index contributed by atoms with van der Waals surface area (Å²) < 4.78 is 39.1. The average Bonchev–Trinajstić information content (AvgIpc) is 2.47. The Morgan fingerprint density at radius 3 is 2.62 bits per heavy atom. The zero-order chi connectivity index (χ0) is 14.9. The summed E-state index contributed by atoms with van der Waals surface area (Å²) in [6, 6.07) is 6.25. The van der Waals surface area contributed by atoms with E-state index in [9.17, 15) is 13.2 Å². The third-order valence-electron chi connectivity index (χ3n) is 3.77. The van der Waals surface area contributed by atoms with E-state index in [4.69, 9.17) is 0 Å². The Balaban J connectivity index is 2.00. The number of benzene rings is 1. The van der Waals surface area contributed by atoms with Gasteiger partial charge in [-0.25, -0.2) is 0 Å². The fraction of sp³-hybridized carbons (Fsp3) is 0.400. The predicted octanol–water partition coefficient (Wildman–Crippen LogP) is 3.42. The Labute approximate surface area is 120 Å². The van der Waals surface area contributed by atoms with Gasteiger partial charge in [-0.3, -0.25) is 4.98 Å². The van der Waals surface area contributed by atoms with E-state index in [-0.39, 0.29) is 11.6 Å². The van der Waals surface area contributed by atoms with E-state index in [0.717, 1.165) is 37.7 Å². The van der Waals surface area contributed by atoms with Crippen LogP contribution in [0.3, 0.4) is 0 Å². The lowest BCUT2D eigenvalue weighted by Crippen LogP contribution is -2.35. The van der Waals surface area contributed by atoms with Gasteiger partial charge in [0.05, 0.1) is 11.1 Å². The number of halogens is 3. The first-order valence-electron chi connectivity index (χ1n) is 6.98. The van der Waals surface area contributed by atoms with Crippen molar-refractivity contribution >= 4 is 16.6 Å². The number of fused-ring (bicyclic) bond motifs is 1. The molecule has 1 saturated heterocycles. The van der Waals surface area contributed by atoms with E-state index in [0.29, 0.717) is 5.39 Å². The molecule has 112 valence electrons. The van der Waals surface area contributed by atoms with Crippen LogP contribution in [0.15, 0.2) is 30.5 Å². The van der Waals surface area contributed by atoms with Crippen molar-refractivity contribution in [1.29, 1.82) is 0 Å². The Kier molecular flexibility index (Phi) is 3.71. The first kappa shape index (κ1) is 14.1. The maximum absolute atomic E-state index is 13.0. The molecular weight excluding hydrogens is 279 g/mol. The largest absolute Gasteiger partial charge is 0.418 e. The molecule has 6 heteroatoms. The Bertz CT molecular complexity index is 634. The summed E-state index contributed by atoms with van der Waals surface area (Å²) in [5.74, 6) is 0. The fourth-order valence-corrected chi connectivity index (χ4v) is 2.71. The third-order valence-corrected chi connectivity index (χ3v) is 3.77. The van der Waals surface area contributed by atoms with E-state index in [2.05, 4.69) is 15.6 Å². The Hall–Kier alpha value is -1.82. The number of piperidine rings is 1. The highest BCUT2D eigenvalue weighted by molar-refractivity contribution is 5.93. The number of rotatable bonds is 2. The lowest BCUT2D eigenvalue weighted by molar-refractivity contribution is -0.136. The van der Waals surface area contributed by atoms with Gasteiger partial charge in [0.2, 0.25) is 0 Å². The second-order valence-corrected chi connectivity index (χ2v) is 5.23. The summed E-state index contributed by atoms with van der Waals surface area (Å²) in [6.07, 6.45) is -1.07. The number of alkyl halides is 3. The zero-order valence-corrected chi connectivity index (χ0v) is 11.4. The molecule has 2 heterocycles. The van der Waals surface area contributed by atoms with Crippen LogP contribution in [0.2, 0.25) is 0 Å². The standard InChI is InChI=1S/C15H16F3N3/c16-15(17,18)12-3-4-13(11-2-1-7-20-14(11)12)21-10-5-8-19-9-6-10/h1-4,7,10,19,21H,5-6,8-9H2. The third kappa shape index (κ3) is 2.95. The number of hydrogen-bond acceptors (Lipinski definition) is 3. The quantitative estimate of drug-likeness (QED) is 0.891. The molecule has 1 aromatic carbocycles. The van der Waals surface area contributed by atoms with Gasteiger partial charge < -0.3 is 10.6 Å². The monoisotopic (exact) mass is 295 g/mol. The molecule has 2 aromatic rings. The molecule has 0 aliphatic carbocycles. The number of aromatic nitrogens is 1. The molecular formula is C15H16F3N3. The SMILES string of the molecule is FC(F)(F)c1ccc(NC2CCNCC2)c2cccnc12. The van der Waals surface area contributed by atoms with Crippen molar-refractivity contribution in [1.82, 2.24) is 10.3 Å². The van der Waals surface area contributed by atoms with Gasteiger partial charge in [-0.1, -0.05) is 0 Å². The lowest BCUT2D eigenvalue weighted by atomic mass is 10.0. The van der Waals surface area contributed by atoms with E-state index in [1.54, 1.807) is 12.1 Å². The molecule has 21 heavy (non-hydrogen) atoms. The molecule has 1 aliphatic rings. The van der Waals surface area contributed by atoms with Gasteiger partial charge in [0, 0.05) is 23.3 Å². The van der Waals surface area contributed by atoms with Crippen LogP contribution in [0, 0.1) is 0 Å². The van der Waals surface area contributed by atoms with Gasteiger partial charge in [0.25, 0.3) is 0 Å². The van der Waals surface area contributed by atoms with Crippen molar-refractivity contribution < 1.29 is 13.2 Å². The van der Waals surface area contributed by atoms with Crippen molar-refractivity contribution in [2.24, 2.45) is 0 Å². The molecule has 1 aromatic heterocycles. The van der Waals surface area contributed by atoms with Crippen LogP contribution in [0.4, 0.5) is 18.9 Å². The smallest absolute Gasteiger partial charge is 0.382 e. The Morgan fingerprint density at radius 1 is 1.14 bits per heavy atom. The molecule has 0 bridgehead atoms. The normalized spacial score (nSPS) is 17.1. The van der Waals surface area contributed by atoms with Gasteiger partial charge in [0.1, 0.15) is 0 Å². The molecule has 1 fully saturated rings. The van der Waals surface area contributed by atoms with Crippen molar-refractivity contribution in [2.75, 3.05) is 18.4 Å². The van der Waals surface area contributed by atoms with E-state index < -0.39 is 11.7 Å². The summed E-state index contributed by atoms with van der Waals surface area (Å²) in [5.41, 5.74) is 0.0379. The molecule has 3 nitrogen and oxygen atoms in total. The van der Waals surface area contributed by atoms with E-state index in [1.807, 2.05) is 0 Å². The number of nitrogens with zero attached hydrogens (tertiary/aromatic N) is 1. The maximum atomic E-state index is 13.0. The van der Waals surface area contributed by atoms with Crippen molar-refractivity contribution in [2.45, 2.75) is 25.1 Å². The van der Waals surface area contributed by atoms with Crippen molar-refractivity contribution in [3.8, 4) is 0 Å². The predicted molar refractivity (Wildman–Crippen MR) is 76.3 cm³/mol. The van der Waals surface area contributed by atoms with Crippen LogP contribution in [0.25, 0.3) is 10.9 Å². The minimum Gasteiger partial charge on any atom is -0.382 e. The van der Waals surface area contributed by atoms with Crippen LogP contribution >= 0.6 is 0 Å². The van der Waals surface area contributed by atoms with Gasteiger partial charge in [0.15, 0.2) is 0 Å². The highest BCUT2D eigenvalue weighted by Gasteiger charge is 2.33. The molecule has 0 amide bonds. The van der Waals surface area contributed by atoms with Crippen LogP contribution in [-0.2, 0) is 6.18 Å². The topological polar surface area (TPSA) is 37.0 Å². The second kappa shape index (κ2) is 5.52. The highest BCUT2D eigenvalue weighted by atomic mass is 19.4. The summed E-state index contributed by atoms with van der Waals surface area (Å²) in [5, 5.41) is 7.14. The Morgan fingerprint density at radius 2 is 1.90 bits per heavy atom. The van der Waals surface area contributed by atoms with E-state index >= 15 is 0 Å². The van der Waals surface area contributed by atoms with Gasteiger partial charge >= 0.3 is 6.18 Å². The van der Waals surface area contributed by atoms with Crippen LogP contribution in [-0.4, -0.2) is 24.1 Å². The van der Waals surface area contributed by atoms with Gasteiger partial charge in [-0.2, -0.15) is 13.2 Å². The van der Waals surface area contributed by atoms with Crippen LogP contribution < -0.4 is 10.6 Å². The molecule has 0 spiro atoms. The molecule has 2 N–H and O–H groups in total. The first-order chi connectivity index (χ1) is 10.1. The minimum atomic E-state index is -4.39. The minimum absolute atomic E-state index is 0.00364. The number of anilines is 1. The molecule has 0 radical (unpaired) electrons. The van der Waals surface area contributed by atoms with Crippen molar-refractivity contribution in [3.05, 3.63) is 36.0 Å². The van der Waals surface area contributed by atoms with Gasteiger partial charge in [-0.05, 0) is 50.2 Å². The van der Waals surface area contributed by atoms with Crippen LogP contribution in [0.5, 0.6) is 0 Å².